The molecule has 6 heteroatoms. The van der Waals surface area contributed by atoms with E-state index in [9.17, 15) is 9.18 Å². The van der Waals surface area contributed by atoms with E-state index in [1.54, 1.807) is 6.07 Å². The van der Waals surface area contributed by atoms with Crippen LogP contribution in [-0.2, 0) is 11.3 Å². The number of H-pyrrole nitrogens is 1. The third-order valence-corrected chi connectivity index (χ3v) is 4.60. The van der Waals surface area contributed by atoms with E-state index in [2.05, 4.69) is 21.4 Å². The second-order valence-electron chi connectivity index (χ2n) is 6.72. The number of amides is 1. The summed E-state index contributed by atoms with van der Waals surface area (Å²) in [5.41, 5.74) is 4.50. The van der Waals surface area contributed by atoms with Crippen molar-refractivity contribution >= 4 is 39.3 Å². The monoisotopic (exact) mass is 413 g/mol. The molecule has 0 bridgehead atoms. The van der Waals surface area contributed by atoms with Crippen molar-refractivity contribution in [2.75, 3.05) is 0 Å². The van der Waals surface area contributed by atoms with Gasteiger partial charge >= 0.3 is 0 Å². The van der Waals surface area contributed by atoms with Gasteiger partial charge in [-0.05, 0) is 61.4 Å². The molecule has 0 aliphatic rings. The van der Waals surface area contributed by atoms with Crippen LogP contribution in [0.25, 0.3) is 21.8 Å². The van der Waals surface area contributed by atoms with Gasteiger partial charge in [-0.15, -0.1) is 0 Å². The third-order valence-electron chi connectivity index (χ3n) is 4.36. The van der Waals surface area contributed by atoms with Crippen LogP contribution in [0.4, 0.5) is 4.39 Å². The van der Waals surface area contributed by atoms with Crippen LogP contribution in [0.15, 0.2) is 48.8 Å². The van der Waals surface area contributed by atoms with Crippen molar-refractivity contribution in [3.63, 3.8) is 0 Å². The molecule has 2 aromatic heterocycles. The first kappa shape index (κ1) is 22.4. The van der Waals surface area contributed by atoms with Crippen LogP contribution < -0.4 is 5.32 Å². The quantitative estimate of drug-likeness (QED) is 0.418. The van der Waals surface area contributed by atoms with Crippen LogP contribution in [0.2, 0.25) is 5.02 Å². The molecular weight excluding hydrogens is 389 g/mol. The number of nitrogens with zero attached hydrogens (tertiary/aromatic N) is 1. The Morgan fingerprint density at radius 3 is 2.69 bits per heavy atom. The summed E-state index contributed by atoms with van der Waals surface area (Å²) in [5.74, 6) is -0.464. The molecule has 0 unspecified atom stereocenters. The summed E-state index contributed by atoms with van der Waals surface area (Å²) in [6.45, 7) is 5.62. The van der Waals surface area contributed by atoms with Gasteiger partial charge in [0.25, 0.3) is 0 Å². The predicted molar refractivity (Wildman–Crippen MR) is 119 cm³/mol. The summed E-state index contributed by atoms with van der Waals surface area (Å²) in [7, 11) is 0. The van der Waals surface area contributed by atoms with Gasteiger partial charge in [0.1, 0.15) is 5.82 Å². The largest absolute Gasteiger partial charge is 0.361 e. The van der Waals surface area contributed by atoms with Crippen molar-refractivity contribution in [1.29, 1.82) is 0 Å². The molecule has 4 aromatic rings. The van der Waals surface area contributed by atoms with Crippen molar-refractivity contribution in [3.05, 3.63) is 76.3 Å². The van der Waals surface area contributed by atoms with Gasteiger partial charge in [0.2, 0.25) is 5.91 Å². The Balaban J connectivity index is 0.000000207. The number of hydrogen-bond donors (Lipinski definition) is 2. The van der Waals surface area contributed by atoms with Gasteiger partial charge in [0.05, 0.1) is 5.52 Å². The van der Waals surface area contributed by atoms with Crippen molar-refractivity contribution in [3.8, 4) is 0 Å². The number of carbonyl (C=O) groups is 1. The normalized spacial score (nSPS) is 10.2. The molecule has 0 atom stereocenters. The number of aryl methyl sites for hydroxylation is 2. The van der Waals surface area contributed by atoms with Gasteiger partial charge in [-0.25, -0.2) is 4.39 Å². The number of benzene rings is 2. The molecule has 4 nitrogen and oxygen atoms in total. The molecule has 0 aliphatic carbocycles. The van der Waals surface area contributed by atoms with E-state index in [1.807, 2.05) is 44.4 Å². The Labute approximate surface area is 175 Å². The number of rotatable bonds is 2. The fourth-order valence-electron chi connectivity index (χ4n) is 2.90. The predicted octanol–water partition coefficient (Wildman–Crippen LogP) is 6.08. The number of halogens is 2. The van der Waals surface area contributed by atoms with E-state index < -0.39 is 0 Å². The molecule has 1 amide bonds. The first-order valence-electron chi connectivity index (χ1n) is 8.86. The first-order valence-corrected chi connectivity index (χ1v) is 9.24. The molecule has 0 aliphatic heterocycles. The van der Waals surface area contributed by atoms with Gasteiger partial charge in [-0.3, -0.25) is 9.78 Å². The van der Waals surface area contributed by atoms with Crippen molar-refractivity contribution in [2.24, 2.45) is 0 Å². The molecule has 2 N–H and O–H groups in total. The molecule has 0 fully saturated rings. The highest BCUT2D eigenvalue weighted by molar-refractivity contribution is 6.31. The minimum absolute atomic E-state index is 0. The second kappa shape index (κ2) is 9.52. The van der Waals surface area contributed by atoms with Crippen molar-refractivity contribution in [2.45, 2.75) is 34.7 Å². The molecule has 2 aromatic carbocycles. The summed E-state index contributed by atoms with van der Waals surface area (Å²) < 4.78 is 13.6. The van der Waals surface area contributed by atoms with E-state index in [-0.39, 0.29) is 25.7 Å². The minimum atomic E-state index is -0.303. The summed E-state index contributed by atoms with van der Waals surface area (Å²) in [6, 6.07) is 11.0. The van der Waals surface area contributed by atoms with E-state index >= 15 is 0 Å². The van der Waals surface area contributed by atoms with Gasteiger partial charge < -0.3 is 10.3 Å². The molecule has 152 valence electrons. The Bertz CT molecular complexity index is 1120. The van der Waals surface area contributed by atoms with E-state index in [0.29, 0.717) is 5.56 Å². The number of carbonyl (C=O) groups excluding carboxylic acids is 1. The maximum absolute atomic E-state index is 13.6. The van der Waals surface area contributed by atoms with Crippen LogP contribution in [0.3, 0.4) is 0 Å². The fourth-order valence-corrected chi connectivity index (χ4v) is 3.08. The summed E-state index contributed by atoms with van der Waals surface area (Å²) in [4.78, 5) is 18.0. The van der Waals surface area contributed by atoms with Gasteiger partial charge in [0.15, 0.2) is 0 Å². The molecule has 4 rings (SSSR count). The summed E-state index contributed by atoms with van der Waals surface area (Å²) >= 11 is 5.84. The Hall–Kier alpha value is -2.92. The number of fused-ring (bicyclic) bond motifs is 2. The standard InChI is InChI=1S/C12H13FN2O.C10H8ClN.CH4/c1-7-5-15-12-4-11(13)9(3-10(7)12)6-14-8(2)16;1-7-4-8-5-9(11)2-3-10(8)12-6-7;/h3-5,15H,6H2,1-2H3,(H,14,16);2-6H,1H3;1H4. The zero-order valence-corrected chi connectivity index (χ0v) is 16.7. The van der Waals surface area contributed by atoms with Crippen LogP contribution in [-0.4, -0.2) is 15.9 Å². The van der Waals surface area contributed by atoms with E-state index in [4.69, 9.17) is 11.6 Å². The van der Waals surface area contributed by atoms with E-state index in [1.165, 1.54) is 13.0 Å². The molecule has 0 radical (unpaired) electrons. The van der Waals surface area contributed by atoms with Crippen LogP contribution in [0.5, 0.6) is 0 Å². The summed E-state index contributed by atoms with van der Waals surface area (Å²) in [6.07, 6.45) is 3.70. The van der Waals surface area contributed by atoms with Gasteiger partial charge in [0, 0.05) is 52.7 Å². The van der Waals surface area contributed by atoms with Crippen LogP contribution >= 0.6 is 11.6 Å². The Morgan fingerprint density at radius 2 is 1.97 bits per heavy atom. The molecule has 29 heavy (non-hydrogen) atoms. The first-order chi connectivity index (χ1) is 13.3. The molecule has 0 saturated heterocycles. The average molecular weight is 414 g/mol. The Morgan fingerprint density at radius 1 is 1.21 bits per heavy atom. The molecule has 0 saturated carbocycles. The highest BCUT2D eigenvalue weighted by atomic mass is 35.5. The highest BCUT2D eigenvalue weighted by Crippen LogP contribution is 2.21. The maximum Gasteiger partial charge on any atom is 0.217 e. The zero-order valence-electron chi connectivity index (χ0n) is 15.9. The second-order valence-corrected chi connectivity index (χ2v) is 7.16. The Kier molecular flexibility index (Phi) is 7.35. The number of aromatic amines is 1. The van der Waals surface area contributed by atoms with Crippen LogP contribution in [0, 0.1) is 19.7 Å². The minimum Gasteiger partial charge on any atom is -0.361 e. The third kappa shape index (κ3) is 5.55. The summed E-state index contributed by atoms with van der Waals surface area (Å²) in [5, 5.41) is 5.44. The number of pyridine rings is 1. The zero-order chi connectivity index (χ0) is 20.3. The highest BCUT2D eigenvalue weighted by Gasteiger charge is 2.07. The lowest BCUT2D eigenvalue weighted by molar-refractivity contribution is -0.119. The van der Waals surface area contributed by atoms with Gasteiger partial charge in [-0.2, -0.15) is 0 Å². The maximum atomic E-state index is 13.6. The van der Waals surface area contributed by atoms with E-state index in [0.717, 1.165) is 38.0 Å². The number of hydrogen-bond acceptors (Lipinski definition) is 2. The van der Waals surface area contributed by atoms with Crippen molar-refractivity contribution < 1.29 is 9.18 Å². The lowest BCUT2D eigenvalue weighted by Gasteiger charge is -2.04. The SMILES string of the molecule is C.CC(=O)NCc1cc2c(C)c[nH]c2cc1F.Cc1cnc2ccc(Cl)cc2c1. The van der Waals surface area contributed by atoms with Crippen molar-refractivity contribution in [1.82, 2.24) is 15.3 Å². The topological polar surface area (TPSA) is 57.8 Å². The number of aromatic nitrogens is 2. The van der Waals surface area contributed by atoms with Crippen LogP contribution in [0.1, 0.15) is 31.0 Å². The lowest BCUT2D eigenvalue weighted by atomic mass is 10.1. The van der Waals surface area contributed by atoms with Gasteiger partial charge in [-0.1, -0.05) is 19.0 Å². The molecular formula is C23H25ClFN3O. The fraction of sp³-hybridized carbons (Fsp3) is 0.217. The smallest absolute Gasteiger partial charge is 0.217 e. The number of nitrogens with one attached hydrogen (secondary N) is 2. The lowest BCUT2D eigenvalue weighted by Crippen LogP contribution is -2.19. The molecule has 0 spiro atoms. The molecule has 2 heterocycles. The average Bonchev–Trinajstić information content (AvgIpc) is 2.99.